The SMILES string of the molecule is CC(NC(=O)OC(C)(C)C)C1CCCN(c2ccc(C(F)(F)F)nn2)C1. The second kappa shape index (κ2) is 7.67. The van der Waals surface area contributed by atoms with E-state index < -0.39 is 23.6 Å². The van der Waals surface area contributed by atoms with Crippen molar-refractivity contribution in [3.05, 3.63) is 17.8 Å². The van der Waals surface area contributed by atoms with Gasteiger partial charge in [-0.15, -0.1) is 10.2 Å². The van der Waals surface area contributed by atoms with Crippen molar-refractivity contribution in [3.8, 4) is 0 Å². The number of hydrogen-bond acceptors (Lipinski definition) is 5. The highest BCUT2D eigenvalue weighted by atomic mass is 19.4. The summed E-state index contributed by atoms with van der Waals surface area (Å²) in [6.07, 6.45) is -3.21. The summed E-state index contributed by atoms with van der Waals surface area (Å²) in [5.41, 5.74) is -1.58. The van der Waals surface area contributed by atoms with E-state index in [-0.39, 0.29) is 12.0 Å². The summed E-state index contributed by atoms with van der Waals surface area (Å²) < 4.78 is 43.1. The molecular weight excluding hydrogens is 349 g/mol. The number of hydrogen-bond donors (Lipinski definition) is 1. The molecule has 1 saturated heterocycles. The Morgan fingerprint density at radius 3 is 2.54 bits per heavy atom. The minimum atomic E-state index is -4.50. The normalized spacial score (nSPS) is 19.8. The maximum Gasteiger partial charge on any atom is 0.435 e. The Morgan fingerprint density at radius 2 is 2.00 bits per heavy atom. The number of alkyl carbamates (subject to hydrolysis) is 1. The minimum absolute atomic E-state index is 0.130. The van der Waals surface area contributed by atoms with Gasteiger partial charge in [-0.25, -0.2) is 4.79 Å². The van der Waals surface area contributed by atoms with E-state index in [2.05, 4.69) is 15.5 Å². The molecule has 1 aliphatic rings. The zero-order valence-corrected chi connectivity index (χ0v) is 15.4. The molecule has 0 aromatic carbocycles. The number of carbonyl (C=O) groups is 1. The standard InChI is InChI=1S/C17H25F3N4O2/c1-11(21-15(25)26-16(2,3)4)12-6-5-9-24(10-12)14-8-7-13(22-23-14)17(18,19)20/h7-8,11-12H,5-6,9-10H2,1-4H3,(H,21,25). The monoisotopic (exact) mass is 374 g/mol. The van der Waals surface area contributed by atoms with Crippen LogP contribution in [0.2, 0.25) is 0 Å². The molecule has 1 aliphatic heterocycles. The Labute approximate surface area is 151 Å². The molecule has 1 aromatic heterocycles. The number of halogens is 3. The second-order valence-electron chi connectivity index (χ2n) is 7.56. The van der Waals surface area contributed by atoms with Gasteiger partial charge in [0.05, 0.1) is 0 Å². The third-order valence-corrected chi connectivity index (χ3v) is 4.17. The molecular formula is C17H25F3N4O2. The highest BCUT2D eigenvalue weighted by Crippen LogP contribution is 2.29. The van der Waals surface area contributed by atoms with Gasteiger partial charge >= 0.3 is 12.3 Å². The summed E-state index contributed by atoms with van der Waals surface area (Å²) in [5, 5.41) is 9.83. The quantitative estimate of drug-likeness (QED) is 0.875. The molecule has 2 unspecified atom stereocenters. The molecule has 146 valence electrons. The highest BCUT2D eigenvalue weighted by Gasteiger charge is 2.33. The molecule has 0 bridgehead atoms. The lowest BCUT2D eigenvalue weighted by Crippen LogP contribution is -2.47. The molecule has 1 amide bonds. The Morgan fingerprint density at radius 1 is 1.31 bits per heavy atom. The lowest BCUT2D eigenvalue weighted by molar-refractivity contribution is -0.141. The number of piperidine rings is 1. The summed E-state index contributed by atoms with van der Waals surface area (Å²) in [6.45, 7) is 8.55. The van der Waals surface area contributed by atoms with Gasteiger partial charge in [0.1, 0.15) is 5.60 Å². The largest absolute Gasteiger partial charge is 0.444 e. The van der Waals surface area contributed by atoms with Crippen LogP contribution in [0, 0.1) is 5.92 Å². The number of amides is 1. The molecule has 1 fully saturated rings. The molecule has 0 radical (unpaired) electrons. The summed E-state index contributed by atoms with van der Waals surface area (Å²) in [5.74, 6) is 0.549. The fourth-order valence-corrected chi connectivity index (χ4v) is 2.88. The van der Waals surface area contributed by atoms with Crippen molar-refractivity contribution in [2.45, 2.75) is 58.4 Å². The third kappa shape index (κ3) is 5.74. The van der Waals surface area contributed by atoms with E-state index in [9.17, 15) is 18.0 Å². The van der Waals surface area contributed by atoms with E-state index in [0.29, 0.717) is 18.9 Å². The van der Waals surface area contributed by atoms with Gasteiger partial charge in [0.25, 0.3) is 0 Å². The number of anilines is 1. The third-order valence-electron chi connectivity index (χ3n) is 4.17. The Kier molecular flexibility index (Phi) is 5.98. The maximum atomic E-state index is 12.6. The van der Waals surface area contributed by atoms with E-state index in [1.807, 2.05) is 11.8 Å². The van der Waals surface area contributed by atoms with Crippen molar-refractivity contribution >= 4 is 11.9 Å². The zero-order chi connectivity index (χ0) is 19.5. The van der Waals surface area contributed by atoms with Crippen molar-refractivity contribution in [3.63, 3.8) is 0 Å². The first kappa shape index (κ1) is 20.3. The number of rotatable bonds is 3. The van der Waals surface area contributed by atoms with E-state index in [4.69, 9.17) is 4.74 Å². The Bertz CT molecular complexity index is 614. The molecule has 0 spiro atoms. The van der Waals surface area contributed by atoms with Crippen molar-refractivity contribution in [1.82, 2.24) is 15.5 Å². The van der Waals surface area contributed by atoms with E-state index in [1.165, 1.54) is 6.07 Å². The predicted molar refractivity (Wildman–Crippen MR) is 90.8 cm³/mol. The van der Waals surface area contributed by atoms with Crippen molar-refractivity contribution < 1.29 is 22.7 Å². The Balaban J connectivity index is 1.97. The van der Waals surface area contributed by atoms with Gasteiger partial charge in [0, 0.05) is 19.1 Å². The van der Waals surface area contributed by atoms with Crippen LogP contribution in [0.5, 0.6) is 0 Å². The maximum absolute atomic E-state index is 12.6. The van der Waals surface area contributed by atoms with Gasteiger partial charge in [0.2, 0.25) is 0 Å². The van der Waals surface area contributed by atoms with Crippen LogP contribution in [-0.4, -0.2) is 41.0 Å². The smallest absolute Gasteiger partial charge is 0.435 e. The van der Waals surface area contributed by atoms with Crippen LogP contribution in [0.1, 0.15) is 46.2 Å². The van der Waals surface area contributed by atoms with Crippen LogP contribution >= 0.6 is 0 Å². The highest BCUT2D eigenvalue weighted by molar-refractivity contribution is 5.68. The van der Waals surface area contributed by atoms with Crippen LogP contribution in [0.15, 0.2) is 12.1 Å². The molecule has 26 heavy (non-hydrogen) atoms. The average Bonchev–Trinajstić information content (AvgIpc) is 2.52. The number of nitrogens with zero attached hydrogens (tertiary/aromatic N) is 3. The summed E-state index contributed by atoms with van der Waals surface area (Å²) in [6, 6.07) is 2.15. The molecule has 0 aliphatic carbocycles. The predicted octanol–water partition coefficient (Wildman–Crippen LogP) is 3.63. The van der Waals surface area contributed by atoms with Crippen LogP contribution in [-0.2, 0) is 10.9 Å². The van der Waals surface area contributed by atoms with Crippen LogP contribution in [0.4, 0.5) is 23.8 Å². The van der Waals surface area contributed by atoms with Crippen LogP contribution < -0.4 is 10.2 Å². The molecule has 0 saturated carbocycles. The zero-order valence-electron chi connectivity index (χ0n) is 15.4. The Hall–Kier alpha value is -2.06. The minimum Gasteiger partial charge on any atom is -0.444 e. The summed E-state index contributed by atoms with van der Waals surface area (Å²) >= 11 is 0. The lowest BCUT2D eigenvalue weighted by atomic mass is 9.91. The number of nitrogens with one attached hydrogen (secondary N) is 1. The first-order valence-electron chi connectivity index (χ1n) is 8.61. The van der Waals surface area contributed by atoms with Gasteiger partial charge in [0.15, 0.2) is 11.5 Å². The second-order valence-corrected chi connectivity index (χ2v) is 7.56. The van der Waals surface area contributed by atoms with E-state index in [1.54, 1.807) is 20.8 Å². The molecule has 2 heterocycles. The first-order valence-corrected chi connectivity index (χ1v) is 8.61. The van der Waals surface area contributed by atoms with Gasteiger partial charge in [-0.1, -0.05) is 0 Å². The molecule has 2 atom stereocenters. The molecule has 6 nitrogen and oxygen atoms in total. The van der Waals surface area contributed by atoms with Gasteiger partial charge in [-0.05, 0) is 58.6 Å². The van der Waals surface area contributed by atoms with Gasteiger partial charge in [-0.2, -0.15) is 13.2 Å². The number of alkyl halides is 3. The average molecular weight is 374 g/mol. The fraction of sp³-hybridized carbons (Fsp3) is 0.706. The van der Waals surface area contributed by atoms with Crippen LogP contribution in [0.25, 0.3) is 0 Å². The van der Waals surface area contributed by atoms with E-state index in [0.717, 1.165) is 18.9 Å². The lowest BCUT2D eigenvalue weighted by Gasteiger charge is -2.36. The fourth-order valence-electron chi connectivity index (χ4n) is 2.88. The van der Waals surface area contributed by atoms with Gasteiger partial charge in [-0.3, -0.25) is 0 Å². The number of ether oxygens (including phenoxy) is 1. The van der Waals surface area contributed by atoms with E-state index >= 15 is 0 Å². The molecule has 9 heteroatoms. The van der Waals surface area contributed by atoms with Crippen molar-refractivity contribution in [2.24, 2.45) is 5.92 Å². The summed E-state index contributed by atoms with van der Waals surface area (Å²) in [4.78, 5) is 13.8. The van der Waals surface area contributed by atoms with Crippen LogP contribution in [0.3, 0.4) is 0 Å². The van der Waals surface area contributed by atoms with Gasteiger partial charge < -0.3 is 15.0 Å². The summed E-state index contributed by atoms with van der Waals surface area (Å²) in [7, 11) is 0. The molecule has 2 rings (SSSR count). The number of carbonyl (C=O) groups excluding carboxylic acids is 1. The molecule has 1 N–H and O–H groups in total. The van der Waals surface area contributed by atoms with Crippen molar-refractivity contribution in [1.29, 1.82) is 0 Å². The first-order chi connectivity index (χ1) is 12.0. The molecule has 1 aromatic rings. The number of aromatic nitrogens is 2. The topological polar surface area (TPSA) is 67.3 Å². The van der Waals surface area contributed by atoms with Crippen molar-refractivity contribution in [2.75, 3.05) is 18.0 Å².